The number of hydrogen-bond acceptors (Lipinski definition) is 9. The molecular formula is C24H34N4O6S2. The molecule has 0 spiro atoms. The second-order valence-corrected chi connectivity index (χ2v) is 11.9. The van der Waals surface area contributed by atoms with Gasteiger partial charge in [0.2, 0.25) is 19.3 Å². The molecule has 1 aliphatic rings. The lowest BCUT2D eigenvalue weighted by Crippen LogP contribution is -2.54. The average molecular weight is 539 g/mol. The van der Waals surface area contributed by atoms with E-state index in [-0.39, 0.29) is 15.2 Å². The summed E-state index contributed by atoms with van der Waals surface area (Å²) in [6.45, 7) is 5.05. The van der Waals surface area contributed by atoms with Crippen LogP contribution in [0.3, 0.4) is 0 Å². The third kappa shape index (κ3) is 7.16. The van der Waals surface area contributed by atoms with E-state index in [4.69, 9.17) is 9.47 Å². The number of anilines is 1. The molecule has 3 rings (SSSR count). The fourth-order valence-corrected chi connectivity index (χ4v) is 6.20. The second-order valence-electron chi connectivity index (χ2n) is 8.68. The van der Waals surface area contributed by atoms with Gasteiger partial charge in [0, 0.05) is 20.0 Å². The largest absolute Gasteiger partial charge is 0.494 e. The first-order valence-electron chi connectivity index (χ1n) is 12.3. The molecule has 36 heavy (non-hydrogen) atoms. The van der Waals surface area contributed by atoms with Crippen LogP contribution in [0.4, 0.5) is 9.93 Å². The minimum Gasteiger partial charge on any atom is -0.494 e. The van der Waals surface area contributed by atoms with Crippen LogP contribution in [0.15, 0.2) is 28.6 Å². The molecule has 2 aromatic rings. The van der Waals surface area contributed by atoms with Crippen molar-refractivity contribution in [3.8, 4) is 5.75 Å². The number of carbonyl (C=O) groups excluding carboxylic acids is 2. The molecule has 1 unspecified atom stereocenters. The van der Waals surface area contributed by atoms with E-state index in [0.29, 0.717) is 37.3 Å². The summed E-state index contributed by atoms with van der Waals surface area (Å²) in [5.74, 6) is 0.0324. The molecule has 1 aromatic carbocycles. The van der Waals surface area contributed by atoms with Crippen LogP contribution in [-0.4, -0.2) is 67.7 Å². The van der Waals surface area contributed by atoms with Crippen molar-refractivity contribution < 1.29 is 27.5 Å². The van der Waals surface area contributed by atoms with E-state index in [2.05, 4.69) is 17.1 Å². The van der Waals surface area contributed by atoms with Crippen molar-refractivity contribution in [1.82, 2.24) is 15.1 Å². The molecule has 10 nitrogen and oxygen atoms in total. The molecule has 1 aromatic heterocycles. The normalized spacial score (nSPS) is 16.3. The van der Waals surface area contributed by atoms with E-state index < -0.39 is 28.1 Å². The number of esters is 1. The maximum absolute atomic E-state index is 12.9. The molecule has 1 aliphatic heterocycles. The van der Waals surface area contributed by atoms with Crippen molar-refractivity contribution in [3.63, 3.8) is 0 Å². The van der Waals surface area contributed by atoms with Gasteiger partial charge in [0.05, 0.1) is 17.9 Å². The third-order valence-electron chi connectivity index (χ3n) is 5.77. The standard InChI is InChI=1S/C24H34N4O6S2/c1-4-6-8-9-16-33-19-12-10-18(11-13-19)21(29)34-20-14-15-27(3)24(30)28(20)22-25-26-23(35-22)36(31,32)17-7-5-2/h10-13,20H,4-9,14-17H2,1-3H3. The molecule has 0 saturated carbocycles. The Hall–Kier alpha value is -2.73. The second kappa shape index (κ2) is 13.0. The number of hydrogen-bond donors (Lipinski definition) is 0. The maximum atomic E-state index is 12.9. The number of urea groups is 1. The van der Waals surface area contributed by atoms with Gasteiger partial charge in [-0.25, -0.2) is 22.9 Å². The molecule has 2 amide bonds. The van der Waals surface area contributed by atoms with Crippen molar-refractivity contribution >= 4 is 38.3 Å². The van der Waals surface area contributed by atoms with Gasteiger partial charge in [0.25, 0.3) is 0 Å². The number of aromatic nitrogens is 2. The van der Waals surface area contributed by atoms with Crippen molar-refractivity contribution in [2.75, 3.05) is 30.9 Å². The zero-order chi connectivity index (χ0) is 26.1. The van der Waals surface area contributed by atoms with Crippen molar-refractivity contribution in [3.05, 3.63) is 29.8 Å². The van der Waals surface area contributed by atoms with Gasteiger partial charge in [0.1, 0.15) is 5.75 Å². The van der Waals surface area contributed by atoms with Crippen LogP contribution >= 0.6 is 11.3 Å². The summed E-state index contributed by atoms with van der Waals surface area (Å²) in [7, 11) is -1.98. The van der Waals surface area contributed by atoms with E-state index in [1.165, 1.54) is 16.2 Å². The fraction of sp³-hybridized carbons (Fsp3) is 0.583. The number of rotatable bonds is 13. The summed E-state index contributed by atoms with van der Waals surface area (Å²) in [6.07, 6.45) is 5.07. The highest BCUT2D eigenvalue weighted by atomic mass is 32.2. The summed E-state index contributed by atoms with van der Waals surface area (Å²) in [5, 5.41) is 7.83. The maximum Gasteiger partial charge on any atom is 0.340 e. The summed E-state index contributed by atoms with van der Waals surface area (Å²) in [6, 6.07) is 6.22. The first-order valence-corrected chi connectivity index (χ1v) is 14.8. The molecule has 12 heteroatoms. The topological polar surface area (TPSA) is 119 Å². The quantitative estimate of drug-likeness (QED) is 0.208. The first-order chi connectivity index (χ1) is 17.3. The van der Waals surface area contributed by atoms with Gasteiger partial charge in [-0.1, -0.05) is 50.9 Å². The molecule has 0 bridgehead atoms. The molecule has 1 fully saturated rings. The summed E-state index contributed by atoms with van der Waals surface area (Å²) >= 11 is 0.804. The first kappa shape index (κ1) is 27.9. The van der Waals surface area contributed by atoms with Gasteiger partial charge in [-0.05, 0) is 37.1 Å². The Bertz CT molecular complexity index is 1120. The minimum absolute atomic E-state index is 0.0388. The molecular weight excluding hydrogens is 504 g/mol. The lowest BCUT2D eigenvalue weighted by molar-refractivity contribution is 0.0229. The third-order valence-corrected chi connectivity index (χ3v) is 8.94. The molecule has 1 saturated heterocycles. The molecule has 198 valence electrons. The van der Waals surface area contributed by atoms with E-state index >= 15 is 0 Å². The Morgan fingerprint density at radius 1 is 1.08 bits per heavy atom. The van der Waals surface area contributed by atoms with Crippen LogP contribution in [0.1, 0.15) is 69.2 Å². The predicted octanol–water partition coefficient (Wildman–Crippen LogP) is 4.52. The molecule has 1 atom stereocenters. The summed E-state index contributed by atoms with van der Waals surface area (Å²) in [4.78, 5) is 28.5. The van der Waals surface area contributed by atoms with Crippen LogP contribution in [0.2, 0.25) is 0 Å². The summed E-state index contributed by atoms with van der Waals surface area (Å²) in [5.41, 5.74) is 0.319. The van der Waals surface area contributed by atoms with E-state index in [1.54, 1.807) is 31.3 Å². The lowest BCUT2D eigenvalue weighted by atomic mass is 10.2. The molecule has 0 aliphatic carbocycles. The van der Waals surface area contributed by atoms with Gasteiger partial charge in [-0.3, -0.25) is 0 Å². The van der Waals surface area contributed by atoms with E-state index in [9.17, 15) is 18.0 Å². The highest BCUT2D eigenvalue weighted by molar-refractivity contribution is 7.93. The number of sulfone groups is 1. The fourth-order valence-electron chi connectivity index (χ4n) is 3.60. The Morgan fingerprint density at radius 2 is 1.81 bits per heavy atom. The van der Waals surface area contributed by atoms with Crippen molar-refractivity contribution in [2.45, 2.75) is 69.4 Å². The highest BCUT2D eigenvalue weighted by Crippen LogP contribution is 2.31. The van der Waals surface area contributed by atoms with Gasteiger partial charge in [0.15, 0.2) is 6.23 Å². The predicted molar refractivity (Wildman–Crippen MR) is 137 cm³/mol. The van der Waals surface area contributed by atoms with Crippen LogP contribution in [0, 0.1) is 0 Å². The zero-order valence-corrected chi connectivity index (χ0v) is 22.6. The van der Waals surface area contributed by atoms with E-state index in [1.807, 2.05) is 6.92 Å². The Labute approximate surface area is 216 Å². The minimum atomic E-state index is -3.60. The number of carbonyl (C=O) groups is 2. The van der Waals surface area contributed by atoms with Crippen LogP contribution in [0.25, 0.3) is 0 Å². The van der Waals surface area contributed by atoms with Gasteiger partial charge < -0.3 is 14.4 Å². The monoisotopic (exact) mass is 538 g/mol. The number of ether oxygens (including phenoxy) is 2. The van der Waals surface area contributed by atoms with Gasteiger partial charge in [-0.15, -0.1) is 10.2 Å². The van der Waals surface area contributed by atoms with E-state index in [0.717, 1.165) is 37.0 Å². The summed E-state index contributed by atoms with van der Waals surface area (Å²) < 4.78 is 36.3. The highest BCUT2D eigenvalue weighted by Gasteiger charge is 2.38. The zero-order valence-electron chi connectivity index (χ0n) is 21.0. The number of nitrogens with zero attached hydrogens (tertiary/aromatic N) is 4. The number of amides is 2. The Kier molecular flexibility index (Phi) is 10.1. The average Bonchev–Trinajstić information content (AvgIpc) is 3.36. The SMILES string of the molecule is CCCCCCOc1ccc(C(=O)OC2CCN(C)C(=O)N2c2nnc(S(=O)(=O)CCCC)s2)cc1. The molecule has 0 N–H and O–H groups in total. The van der Waals surface area contributed by atoms with Crippen molar-refractivity contribution in [1.29, 1.82) is 0 Å². The Morgan fingerprint density at radius 3 is 2.50 bits per heavy atom. The van der Waals surface area contributed by atoms with Crippen molar-refractivity contribution in [2.24, 2.45) is 0 Å². The van der Waals surface area contributed by atoms with Gasteiger partial charge in [-0.2, -0.15) is 0 Å². The molecule has 0 radical (unpaired) electrons. The van der Waals surface area contributed by atoms with Crippen LogP contribution in [-0.2, 0) is 14.6 Å². The Balaban J connectivity index is 1.69. The smallest absolute Gasteiger partial charge is 0.340 e. The lowest BCUT2D eigenvalue weighted by Gasteiger charge is -2.37. The van der Waals surface area contributed by atoms with Crippen LogP contribution in [0.5, 0.6) is 5.75 Å². The number of unbranched alkanes of at least 4 members (excludes halogenated alkanes) is 4. The van der Waals surface area contributed by atoms with Crippen LogP contribution < -0.4 is 9.64 Å². The number of benzene rings is 1. The molecule has 2 heterocycles. The van der Waals surface area contributed by atoms with Gasteiger partial charge >= 0.3 is 12.0 Å².